The molecule has 0 aromatic carbocycles. The van der Waals surface area contributed by atoms with E-state index in [0.29, 0.717) is 6.04 Å². The van der Waals surface area contributed by atoms with Gasteiger partial charge in [-0.25, -0.2) is 0 Å². The molecule has 1 aromatic rings. The van der Waals surface area contributed by atoms with Gasteiger partial charge in [-0.2, -0.15) is 5.10 Å². The van der Waals surface area contributed by atoms with Crippen LogP contribution in [0.1, 0.15) is 64.8 Å². The molecule has 16 heavy (non-hydrogen) atoms. The third-order valence-corrected chi connectivity index (χ3v) is 3.32. The molecule has 0 aliphatic heterocycles. The number of rotatable bonds is 2. The molecule has 0 radical (unpaired) electrons. The van der Waals surface area contributed by atoms with Gasteiger partial charge in [0.2, 0.25) is 0 Å². The van der Waals surface area contributed by atoms with E-state index < -0.39 is 0 Å². The second kappa shape index (κ2) is 3.33. The van der Waals surface area contributed by atoms with Crippen LogP contribution < -0.4 is 5.73 Å². The average molecular weight is 221 g/mol. The van der Waals surface area contributed by atoms with Crippen LogP contribution in [0, 0.1) is 0 Å². The van der Waals surface area contributed by atoms with E-state index in [1.165, 1.54) is 11.3 Å². The fourth-order valence-corrected chi connectivity index (χ4v) is 2.27. The minimum atomic E-state index is -0.0875. The first-order chi connectivity index (χ1) is 7.26. The summed E-state index contributed by atoms with van der Waals surface area (Å²) in [5, 5.41) is 4.53. The molecular formula is C13H23N3. The Balaban J connectivity index is 2.55. The maximum Gasteiger partial charge on any atom is 0.0543 e. The molecule has 0 saturated heterocycles. The second-order valence-corrected chi connectivity index (χ2v) is 6.35. The van der Waals surface area contributed by atoms with Crippen LogP contribution in [0.3, 0.4) is 0 Å². The molecule has 1 aliphatic rings. The zero-order chi connectivity index (χ0) is 12.1. The summed E-state index contributed by atoms with van der Waals surface area (Å²) in [5.74, 6) is 0. The third-order valence-electron chi connectivity index (χ3n) is 3.32. The predicted octanol–water partition coefficient (Wildman–Crippen LogP) is 2.71. The van der Waals surface area contributed by atoms with Crippen molar-refractivity contribution < 1.29 is 0 Å². The highest BCUT2D eigenvalue weighted by atomic mass is 15.3. The molecule has 90 valence electrons. The standard InChI is InChI=1S/C13H23N3/c1-9(2)16-11(12(3,4)5)10(8-15-16)13(14)6-7-13/h8-9H,6-7,14H2,1-5H3. The van der Waals surface area contributed by atoms with Crippen molar-refractivity contribution in [1.29, 1.82) is 0 Å². The van der Waals surface area contributed by atoms with Crippen LogP contribution in [0.15, 0.2) is 6.20 Å². The molecule has 0 unspecified atom stereocenters. The highest BCUT2D eigenvalue weighted by molar-refractivity contribution is 5.36. The summed E-state index contributed by atoms with van der Waals surface area (Å²) in [7, 11) is 0. The van der Waals surface area contributed by atoms with Crippen molar-refractivity contribution >= 4 is 0 Å². The van der Waals surface area contributed by atoms with Crippen molar-refractivity contribution in [1.82, 2.24) is 9.78 Å². The van der Waals surface area contributed by atoms with Gasteiger partial charge in [0.1, 0.15) is 0 Å². The van der Waals surface area contributed by atoms with Gasteiger partial charge in [0.05, 0.1) is 6.20 Å². The summed E-state index contributed by atoms with van der Waals surface area (Å²) in [4.78, 5) is 0. The minimum absolute atomic E-state index is 0.0875. The highest BCUT2D eigenvalue weighted by Crippen LogP contribution is 2.46. The molecule has 3 nitrogen and oxygen atoms in total. The topological polar surface area (TPSA) is 43.8 Å². The Morgan fingerprint density at radius 1 is 1.38 bits per heavy atom. The lowest BCUT2D eigenvalue weighted by Gasteiger charge is -2.26. The molecule has 3 heteroatoms. The summed E-state index contributed by atoms with van der Waals surface area (Å²) >= 11 is 0. The Labute approximate surface area is 98.0 Å². The molecule has 0 amide bonds. The molecule has 1 saturated carbocycles. The fraction of sp³-hybridized carbons (Fsp3) is 0.769. The molecule has 0 atom stereocenters. The molecule has 1 aromatic heterocycles. The molecule has 0 bridgehead atoms. The zero-order valence-corrected chi connectivity index (χ0v) is 11.0. The number of nitrogens with two attached hydrogens (primary N) is 1. The van der Waals surface area contributed by atoms with E-state index in [4.69, 9.17) is 5.73 Å². The van der Waals surface area contributed by atoms with Gasteiger partial charge in [-0.3, -0.25) is 4.68 Å². The smallest absolute Gasteiger partial charge is 0.0543 e. The van der Waals surface area contributed by atoms with Crippen molar-refractivity contribution in [3.05, 3.63) is 17.5 Å². The lowest BCUT2D eigenvalue weighted by atomic mass is 9.86. The number of aromatic nitrogens is 2. The van der Waals surface area contributed by atoms with Crippen LogP contribution in [0.2, 0.25) is 0 Å². The maximum absolute atomic E-state index is 6.33. The van der Waals surface area contributed by atoms with Gasteiger partial charge in [0, 0.05) is 28.3 Å². The SMILES string of the molecule is CC(C)n1ncc(C2(N)CC2)c1C(C)(C)C. The van der Waals surface area contributed by atoms with Crippen LogP contribution in [-0.4, -0.2) is 9.78 Å². The van der Waals surface area contributed by atoms with Gasteiger partial charge in [0.15, 0.2) is 0 Å². The maximum atomic E-state index is 6.33. The van der Waals surface area contributed by atoms with E-state index in [9.17, 15) is 0 Å². The van der Waals surface area contributed by atoms with E-state index >= 15 is 0 Å². The van der Waals surface area contributed by atoms with E-state index in [2.05, 4.69) is 44.4 Å². The van der Waals surface area contributed by atoms with Crippen LogP contribution in [0.4, 0.5) is 0 Å². The molecule has 2 N–H and O–H groups in total. The fourth-order valence-electron chi connectivity index (χ4n) is 2.27. The van der Waals surface area contributed by atoms with Crippen molar-refractivity contribution in [3.63, 3.8) is 0 Å². The normalized spacial score (nSPS) is 19.2. The van der Waals surface area contributed by atoms with E-state index in [0.717, 1.165) is 12.8 Å². The first-order valence-corrected chi connectivity index (χ1v) is 6.13. The number of nitrogens with zero attached hydrogens (tertiary/aromatic N) is 2. The summed E-state index contributed by atoms with van der Waals surface area (Å²) in [6, 6.07) is 0.394. The van der Waals surface area contributed by atoms with Gasteiger partial charge in [-0.05, 0) is 26.7 Å². The first-order valence-electron chi connectivity index (χ1n) is 6.13. The number of hydrogen-bond acceptors (Lipinski definition) is 2. The molecule has 1 aliphatic carbocycles. The van der Waals surface area contributed by atoms with E-state index in [1.54, 1.807) is 0 Å². The van der Waals surface area contributed by atoms with Gasteiger partial charge in [0.25, 0.3) is 0 Å². The van der Waals surface area contributed by atoms with Crippen LogP contribution in [0.5, 0.6) is 0 Å². The Bertz CT molecular complexity index is 392. The summed E-state index contributed by atoms with van der Waals surface area (Å²) in [6.45, 7) is 11.0. The Morgan fingerprint density at radius 2 is 1.94 bits per heavy atom. The quantitative estimate of drug-likeness (QED) is 0.834. The average Bonchev–Trinajstić information content (AvgIpc) is 2.72. The van der Waals surface area contributed by atoms with E-state index in [-0.39, 0.29) is 11.0 Å². The summed E-state index contributed by atoms with van der Waals surface area (Å²) < 4.78 is 2.13. The molecule has 2 rings (SSSR count). The number of hydrogen-bond donors (Lipinski definition) is 1. The molecule has 1 heterocycles. The lowest BCUT2D eigenvalue weighted by molar-refractivity contribution is 0.439. The zero-order valence-electron chi connectivity index (χ0n) is 11.0. The first kappa shape index (κ1) is 11.6. The van der Waals surface area contributed by atoms with Crippen LogP contribution in [-0.2, 0) is 11.0 Å². The van der Waals surface area contributed by atoms with Gasteiger partial charge in [-0.1, -0.05) is 20.8 Å². The van der Waals surface area contributed by atoms with Gasteiger partial charge in [-0.15, -0.1) is 0 Å². The Kier molecular flexibility index (Phi) is 2.42. The summed E-state index contributed by atoms with van der Waals surface area (Å²) in [5.41, 5.74) is 8.91. The van der Waals surface area contributed by atoms with Crippen molar-refractivity contribution in [2.75, 3.05) is 0 Å². The molecule has 0 spiro atoms. The lowest BCUT2D eigenvalue weighted by Crippen LogP contribution is -2.27. The van der Waals surface area contributed by atoms with Gasteiger partial charge < -0.3 is 5.73 Å². The van der Waals surface area contributed by atoms with Crippen LogP contribution in [0.25, 0.3) is 0 Å². The second-order valence-electron chi connectivity index (χ2n) is 6.35. The Hall–Kier alpha value is -0.830. The van der Waals surface area contributed by atoms with Crippen LogP contribution >= 0.6 is 0 Å². The molecular weight excluding hydrogens is 198 g/mol. The third kappa shape index (κ3) is 1.77. The van der Waals surface area contributed by atoms with Crippen molar-refractivity contribution in [2.24, 2.45) is 5.73 Å². The predicted molar refractivity (Wildman–Crippen MR) is 66.4 cm³/mol. The monoisotopic (exact) mass is 221 g/mol. The Morgan fingerprint density at radius 3 is 2.31 bits per heavy atom. The molecule has 1 fully saturated rings. The largest absolute Gasteiger partial charge is 0.321 e. The van der Waals surface area contributed by atoms with Crippen molar-refractivity contribution in [3.8, 4) is 0 Å². The van der Waals surface area contributed by atoms with Crippen molar-refractivity contribution in [2.45, 2.75) is 64.5 Å². The minimum Gasteiger partial charge on any atom is -0.321 e. The highest BCUT2D eigenvalue weighted by Gasteiger charge is 2.45. The van der Waals surface area contributed by atoms with E-state index in [1.807, 2.05) is 6.20 Å². The summed E-state index contributed by atoms with van der Waals surface area (Å²) in [6.07, 6.45) is 4.17. The van der Waals surface area contributed by atoms with Gasteiger partial charge >= 0.3 is 0 Å².